The normalized spacial score (nSPS) is 11.0. The van der Waals surface area contributed by atoms with Crippen LogP contribution in [0.2, 0.25) is 0 Å². The molecule has 0 aliphatic heterocycles. The standard InChI is InChI=1S/C26H28N4O3S.ClH/c1-18-6-7-19(2)25-24(18)28-26(34-25)30(14-5-13-29-15-12-27-17-29)23(31)11-9-20-8-10-21(32-3)22(16-20)33-4;/h6-12,15-17H,5,13-14H2,1-4H3;1H/b11-9+;. The topological polar surface area (TPSA) is 69.5 Å². The number of benzene rings is 2. The Kier molecular flexibility index (Phi) is 8.89. The van der Waals surface area contributed by atoms with Crippen LogP contribution in [-0.2, 0) is 11.3 Å². The van der Waals surface area contributed by atoms with Crippen molar-refractivity contribution in [3.8, 4) is 11.5 Å². The number of anilines is 1. The van der Waals surface area contributed by atoms with Gasteiger partial charge in [-0.2, -0.15) is 0 Å². The van der Waals surface area contributed by atoms with Crippen LogP contribution >= 0.6 is 23.7 Å². The zero-order valence-corrected chi connectivity index (χ0v) is 21.9. The number of nitrogens with zero attached hydrogens (tertiary/aromatic N) is 4. The molecule has 0 bridgehead atoms. The highest BCUT2D eigenvalue weighted by Gasteiger charge is 2.19. The van der Waals surface area contributed by atoms with E-state index in [2.05, 4.69) is 24.0 Å². The van der Waals surface area contributed by atoms with Crippen molar-refractivity contribution < 1.29 is 14.3 Å². The summed E-state index contributed by atoms with van der Waals surface area (Å²) in [5.41, 5.74) is 4.07. The maximum absolute atomic E-state index is 13.4. The molecule has 184 valence electrons. The molecular formula is C26H29ClN4O3S. The van der Waals surface area contributed by atoms with E-state index < -0.39 is 0 Å². The summed E-state index contributed by atoms with van der Waals surface area (Å²) in [5.74, 6) is 1.15. The van der Waals surface area contributed by atoms with Gasteiger partial charge in [-0.1, -0.05) is 29.5 Å². The van der Waals surface area contributed by atoms with Crippen LogP contribution < -0.4 is 14.4 Å². The van der Waals surface area contributed by atoms with Crippen molar-refractivity contribution in [2.75, 3.05) is 25.7 Å². The minimum atomic E-state index is -0.116. The Hall–Kier alpha value is -3.36. The first-order valence-electron chi connectivity index (χ1n) is 11.0. The van der Waals surface area contributed by atoms with Crippen molar-refractivity contribution in [1.82, 2.24) is 14.5 Å². The number of hydrogen-bond donors (Lipinski definition) is 0. The number of thiazole rings is 1. The summed E-state index contributed by atoms with van der Waals surface area (Å²) in [6, 6.07) is 9.73. The molecule has 0 aliphatic rings. The maximum Gasteiger partial charge on any atom is 0.252 e. The van der Waals surface area contributed by atoms with Gasteiger partial charge in [0.05, 0.1) is 30.8 Å². The predicted molar refractivity (Wildman–Crippen MR) is 144 cm³/mol. The Balaban J connectivity index is 0.00000342. The van der Waals surface area contributed by atoms with E-state index in [9.17, 15) is 4.79 Å². The van der Waals surface area contributed by atoms with E-state index in [1.165, 1.54) is 0 Å². The van der Waals surface area contributed by atoms with Crippen molar-refractivity contribution in [3.63, 3.8) is 0 Å². The molecule has 0 spiro atoms. The SMILES string of the molecule is COc1ccc(/C=C/C(=O)N(CCCn2ccnc2)c2nc3c(C)ccc(C)c3s2)cc1OC.Cl. The zero-order valence-electron chi connectivity index (χ0n) is 20.2. The number of fused-ring (bicyclic) bond motifs is 1. The third-order valence-electron chi connectivity index (χ3n) is 5.61. The van der Waals surface area contributed by atoms with Gasteiger partial charge in [-0.25, -0.2) is 9.97 Å². The second-order valence-electron chi connectivity index (χ2n) is 7.97. The van der Waals surface area contributed by atoms with Crippen LogP contribution in [0.1, 0.15) is 23.1 Å². The number of carbonyl (C=O) groups is 1. The van der Waals surface area contributed by atoms with Gasteiger partial charge in [-0.15, -0.1) is 12.4 Å². The molecule has 0 radical (unpaired) electrons. The van der Waals surface area contributed by atoms with Crippen molar-refractivity contribution in [2.45, 2.75) is 26.8 Å². The number of carbonyl (C=O) groups excluding carboxylic acids is 1. The van der Waals surface area contributed by atoms with E-state index in [0.717, 1.165) is 39.9 Å². The Morgan fingerprint density at radius 3 is 2.57 bits per heavy atom. The zero-order chi connectivity index (χ0) is 24.1. The lowest BCUT2D eigenvalue weighted by atomic mass is 10.1. The molecule has 0 N–H and O–H groups in total. The Bertz CT molecular complexity index is 1280. The number of methoxy groups -OCH3 is 2. The van der Waals surface area contributed by atoms with Crippen LogP contribution in [0, 0.1) is 13.8 Å². The molecule has 7 nitrogen and oxygen atoms in total. The smallest absolute Gasteiger partial charge is 0.252 e. The van der Waals surface area contributed by atoms with Crippen molar-refractivity contribution >= 4 is 51.1 Å². The van der Waals surface area contributed by atoms with Crippen LogP contribution in [0.15, 0.2) is 55.1 Å². The first-order chi connectivity index (χ1) is 16.5. The molecule has 2 aromatic heterocycles. The lowest BCUT2D eigenvalue weighted by Crippen LogP contribution is -2.30. The van der Waals surface area contributed by atoms with E-state index >= 15 is 0 Å². The molecule has 2 heterocycles. The molecule has 1 amide bonds. The van der Waals surface area contributed by atoms with E-state index in [4.69, 9.17) is 14.5 Å². The molecule has 0 aliphatic carbocycles. The van der Waals surface area contributed by atoms with Crippen LogP contribution in [-0.4, -0.2) is 41.2 Å². The highest BCUT2D eigenvalue weighted by Crippen LogP contribution is 2.33. The van der Waals surface area contributed by atoms with Gasteiger partial charge in [0.25, 0.3) is 5.91 Å². The van der Waals surface area contributed by atoms with Gasteiger partial charge in [0.15, 0.2) is 16.6 Å². The molecule has 0 unspecified atom stereocenters. The van der Waals surface area contributed by atoms with Gasteiger partial charge >= 0.3 is 0 Å². The van der Waals surface area contributed by atoms with E-state index in [0.29, 0.717) is 23.2 Å². The molecule has 35 heavy (non-hydrogen) atoms. The summed E-state index contributed by atoms with van der Waals surface area (Å²) < 4.78 is 13.8. The molecular weight excluding hydrogens is 484 g/mol. The summed E-state index contributed by atoms with van der Waals surface area (Å²) in [6.07, 6.45) is 9.62. The first-order valence-corrected chi connectivity index (χ1v) is 11.9. The number of ether oxygens (including phenoxy) is 2. The third-order valence-corrected chi connectivity index (χ3v) is 6.82. The highest BCUT2D eigenvalue weighted by atomic mass is 35.5. The highest BCUT2D eigenvalue weighted by molar-refractivity contribution is 7.22. The molecule has 2 aromatic carbocycles. The summed E-state index contributed by atoms with van der Waals surface area (Å²) >= 11 is 1.56. The molecule has 4 rings (SSSR count). The largest absolute Gasteiger partial charge is 0.493 e. The summed E-state index contributed by atoms with van der Waals surface area (Å²) in [5, 5.41) is 0.708. The molecule has 0 saturated heterocycles. The third kappa shape index (κ3) is 6.01. The quantitative estimate of drug-likeness (QED) is 0.270. The van der Waals surface area contributed by atoms with Gasteiger partial charge < -0.3 is 14.0 Å². The van der Waals surface area contributed by atoms with Gasteiger partial charge in [0, 0.05) is 31.6 Å². The number of aromatic nitrogens is 3. The van der Waals surface area contributed by atoms with Gasteiger partial charge in [-0.3, -0.25) is 9.69 Å². The predicted octanol–water partition coefficient (Wildman–Crippen LogP) is 5.69. The summed E-state index contributed by atoms with van der Waals surface area (Å²) in [7, 11) is 3.19. The number of hydrogen-bond acceptors (Lipinski definition) is 6. The number of halogens is 1. The Labute approximate surface area is 215 Å². The number of aryl methyl sites for hydroxylation is 3. The Morgan fingerprint density at radius 2 is 1.89 bits per heavy atom. The van der Waals surface area contributed by atoms with Gasteiger partial charge in [0.2, 0.25) is 0 Å². The average Bonchev–Trinajstić information content (AvgIpc) is 3.53. The minimum Gasteiger partial charge on any atom is -0.493 e. The van der Waals surface area contributed by atoms with Crippen LogP contribution in [0.4, 0.5) is 5.13 Å². The molecule has 0 fully saturated rings. The average molecular weight is 513 g/mol. The van der Waals surface area contributed by atoms with Gasteiger partial charge in [-0.05, 0) is 55.2 Å². The van der Waals surface area contributed by atoms with Crippen molar-refractivity contribution in [3.05, 3.63) is 71.8 Å². The van der Waals surface area contributed by atoms with Crippen LogP contribution in [0.3, 0.4) is 0 Å². The molecule has 0 atom stereocenters. The summed E-state index contributed by atoms with van der Waals surface area (Å²) in [4.78, 5) is 24.1. The number of rotatable bonds is 9. The Morgan fingerprint density at radius 1 is 1.11 bits per heavy atom. The van der Waals surface area contributed by atoms with Crippen molar-refractivity contribution in [1.29, 1.82) is 0 Å². The maximum atomic E-state index is 13.4. The second-order valence-corrected chi connectivity index (χ2v) is 8.94. The van der Waals surface area contributed by atoms with E-state index in [1.807, 2.05) is 35.9 Å². The summed E-state index contributed by atoms with van der Waals surface area (Å²) in [6.45, 7) is 5.44. The number of imidazole rings is 1. The van der Waals surface area contributed by atoms with Crippen LogP contribution in [0.5, 0.6) is 11.5 Å². The van der Waals surface area contributed by atoms with Crippen LogP contribution in [0.25, 0.3) is 16.3 Å². The fourth-order valence-corrected chi connectivity index (χ4v) is 4.85. The second kappa shape index (κ2) is 11.9. The lowest BCUT2D eigenvalue weighted by molar-refractivity contribution is -0.114. The molecule has 0 saturated carbocycles. The molecule has 9 heteroatoms. The van der Waals surface area contributed by atoms with E-state index in [-0.39, 0.29) is 18.3 Å². The molecule has 4 aromatic rings. The lowest BCUT2D eigenvalue weighted by Gasteiger charge is -2.18. The monoisotopic (exact) mass is 512 g/mol. The fraction of sp³-hybridized carbons (Fsp3) is 0.269. The fourth-order valence-electron chi connectivity index (χ4n) is 3.71. The van der Waals surface area contributed by atoms with E-state index in [1.54, 1.807) is 55.1 Å². The number of amides is 1. The van der Waals surface area contributed by atoms with Gasteiger partial charge in [0.1, 0.15) is 0 Å². The van der Waals surface area contributed by atoms with Crippen molar-refractivity contribution in [2.24, 2.45) is 0 Å². The minimum absolute atomic E-state index is 0. The first kappa shape index (κ1) is 26.2.